The Morgan fingerprint density at radius 3 is 2.38 bits per heavy atom. The Bertz CT molecular complexity index is 798. The lowest BCUT2D eigenvalue weighted by Gasteiger charge is -2.08. The van der Waals surface area contributed by atoms with Gasteiger partial charge in [-0.2, -0.15) is 0 Å². The van der Waals surface area contributed by atoms with Gasteiger partial charge in [-0.1, -0.05) is 24.3 Å². The summed E-state index contributed by atoms with van der Waals surface area (Å²) in [6, 6.07) is 9.16. The molecule has 0 unspecified atom stereocenters. The van der Waals surface area contributed by atoms with Crippen LogP contribution in [-0.2, 0) is 0 Å². The first-order valence-corrected chi connectivity index (χ1v) is 5.98. The van der Waals surface area contributed by atoms with Crippen molar-refractivity contribution in [2.75, 3.05) is 0 Å². The van der Waals surface area contributed by atoms with E-state index in [2.05, 4.69) is 0 Å². The molecule has 0 N–H and O–H groups in total. The third-order valence-electron chi connectivity index (χ3n) is 3.08. The lowest BCUT2D eigenvalue weighted by Crippen LogP contribution is -1.97. The fourth-order valence-electron chi connectivity index (χ4n) is 2.11. The van der Waals surface area contributed by atoms with Crippen LogP contribution in [0.2, 0.25) is 0 Å². The van der Waals surface area contributed by atoms with Crippen LogP contribution < -0.4 is 4.74 Å². The monoisotopic (exact) mass is 284 g/mol. The van der Waals surface area contributed by atoms with Gasteiger partial charge in [-0.25, -0.2) is 0 Å². The highest BCUT2D eigenvalue weighted by atomic mass is 16.6. The molecular weight excluding hydrogens is 276 g/mol. The van der Waals surface area contributed by atoms with E-state index >= 15 is 0 Å². The molecule has 2 aromatic rings. The first-order valence-electron chi connectivity index (χ1n) is 5.98. The number of fused-ring (bicyclic) bond motifs is 2. The quantitative estimate of drug-likeness (QED) is 0.527. The number of hydrogen-bond acceptors (Lipinski definition) is 5. The van der Waals surface area contributed by atoms with Gasteiger partial charge in [0.2, 0.25) is 0 Å². The Balaban J connectivity index is 2.25. The first kappa shape index (κ1) is 12.8. The number of non-ortho nitro benzene ring substituents is 1. The summed E-state index contributed by atoms with van der Waals surface area (Å²) in [6.45, 7) is 0. The molecule has 21 heavy (non-hydrogen) atoms. The van der Waals surface area contributed by atoms with Crippen LogP contribution in [0.1, 0.15) is 11.1 Å². The van der Waals surface area contributed by atoms with Crippen LogP contribution in [0.15, 0.2) is 36.4 Å². The minimum atomic E-state index is -0.683. The van der Waals surface area contributed by atoms with Crippen molar-refractivity contribution < 1.29 is 14.6 Å². The highest BCUT2D eigenvalue weighted by molar-refractivity contribution is 5.82. The standard InChI is InChI=1S/C14H8N2O5/c17-15(18)10-7-12(16(19)20)11-6-5-9-3-1-2-4-13(9)21-14(11)8-10/h1-8H. The SMILES string of the molecule is O=[N+]([O-])c1cc2c(c([N+](=O)[O-])c1)C=Cc1ccccc1O2. The molecule has 0 aromatic heterocycles. The van der Waals surface area contributed by atoms with Gasteiger partial charge >= 0.3 is 0 Å². The zero-order valence-corrected chi connectivity index (χ0v) is 10.6. The van der Waals surface area contributed by atoms with Crippen LogP contribution >= 0.6 is 0 Å². The minimum Gasteiger partial charge on any atom is -0.456 e. The van der Waals surface area contributed by atoms with Crippen LogP contribution in [0.3, 0.4) is 0 Å². The molecule has 0 bridgehead atoms. The van der Waals surface area contributed by atoms with Gasteiger partial charge in [0, 0.05) is 5.56 Å². The third kappa shape index (κ3) is 2.20. The maximum atomic E-state index is 11.1. The normalized spacial score (nSPS) is 11.8. The van der Waals surface area contributed by atoms with E-state index in [4.69, 9.17) is 4.74 Å². The molecule has 1 heterocycles. The van der Waals surface area contributed by atoms with Crippen LogP contribution in [0.25, 0.3) is 12.2 Å². The van der Waals surface area contributed by atoms with Crippen LogP contribution in [0.4, 0.5) is 11.4 Å². The van der Waals surface area contributed by atoms with E-state index in [0.29, 0.717) is 5.75 Å². The number of nitrogens with zero attached hydrogens (tertiary/aromatic N) is 2. The lowest BCUT2D eigenvalue weighted by molar-refractivity contribution is -0.394. The molecule has 0 amide bonds. The molecule has 0 saturated carbocycles. The van der Waals surface area contributed by atoms with E-state index in [1.54, 1.807) is 30.3 Å². The average Bonchev–Trinajstić information content (AvgIpc) is 2.64. The summed E-state index contributed by atoms with van der Waals surface area (Å²) in [4.78, 5) is 20.7. The predicted molar refractivity (Wildman–Crippen MR) is 75.2 cm³/mol. The van der Waals surface area contributed by atoms with Crippen molar-refractivity contribution in [2.24, 2.45) is 0 Å². The van der Waals surface area contributed by atoms with Crippen LogP contribution in [0.5, 0.6) is 11.5 Å². The van der Waals surface area contributed by atoms with Crippen molar-refractivity contribution in [3.63, 3.8) is 0 Å². The van der Waals surface area contributed by atoms with Crippen molar-refractivity contribution in [1.29, 1.82) is 0 Å². The van der Waals surface area contributed by atoms with Gasteiger partial charge in [0.1, 0.15) is 11.5 Å². The number of nitro benzene ring substituents is 2. The molecule has 1 aliphatic heterocycles. The molecule has 7 nitrogen and oxygen atoms in total. The third-order valence-corrected chi connectivity index (χ3v) is 3.08. The summed E-state index contributed by atoms with van der Waals surface area (Å²) >= 11 is 0. The van der Waals surface area contributed by atoms with E-state index in [0.717, 1.165) is 11.6 Å². The summed E-state index contributed by atoms with van der Waals surface area (Å²) in [6.07, 6.45) is 3.21. The first-order chi connectivity index (χ1) is 10.1. The molecule has 2 aromatic carbocycles. The van der Waals surface area contributed by atoms with Crippen molar-refractivity contribution >= 4 is 23.5 Å². The lowest BCUT2D eigenvalue weighted by atomic mass is 10.1. The topological polar surface area (TPSA) is 95.5 Å². The van der Waals surface area contributed by atoms with E-state index < -0.39 is 9.85 Å². The fourth-order valence-corrected chi connectivity index (χ4v) is 2.11. The second-order valence-electron chi connectivity index (χ2n) is 4.36. The van der Waals surface area contributed by atoms with E-state index in [1.165, 1.54) is 12.1 Å². The number of ether oxygens (including phenoxy) is 1. The molecular formula is C14H8N2O5. The van der Waals surface area contributed by atoms with E-state index in [1.807, 2.05) is 0 Å². The number of para-hydroxylation sites is 1. The smallest absolute Gasteiger partial charge is 0.287 e. The summed E-state index contributed by atoms with van der Waals surface area (Å²) in [7, 11) is 0. The fraction of sp³-hybridized carbons (Fsp3) is 0. The van der Waals surface area contributed by atoms with Gasteiger partial charge in [-0.05, 0) is 12.1 Å². The van der Waals surface area contributed by atoms with Crippen molar-refractivity contribution in [3.8, 4) is 11.5 Å². The minimum absolute atomic E-state index is 0.0945. The van der Waals surface area contributed by atoms with Gasteiger partial charge in [0.15, 0.2) is 0 Å². The molecule has 0 spiro atoms. The Morgan fingerprint density at radius 1 is 0.905 bits per heavy atom. The molecule has 104 valence electrons. The maximum Gasteiger partial charge on any atom is 0.287 e. The molecule has 0 aliphatic carbocycles. The van der Waals surface area contributed by atoms with Crippen molar-refractivity contribution in [2.45, 2.75) is 0 Å². The summed E-state index contributed by atoms with van der Waals surface area (Å²) in [5.74, 6) is 0.583. The zero-order valence-electron chi connectivity index (χ0n) is 10.6. The molecule has 0 saturated heterocycles. The Hall–Kier alpha value is -3.22. The van der Waals surface area contributed by atoms with Crippen LogP contribution in [0, 0.1) is 20.2 Å². The Kier molecular flexibility index (Phi) is 2.87. The summed E-state index contributed by atoms with van der Waals surface area (Å²) in [5.41, 5.74) is 0.212. The number of benzene rings is 2. The summed E-state index contributed by atoms with van der Waals surface area (Å²) in [5, 5.41) is 22.0. The Labute approximate surface area is 118 Å². The summed E-state index contributed by atoms with van der Waals surface area (Å²) < 4.78 is 5.61. The molecule has 1 aliphatic rings. The van der Waals surface area contributed by atoms with Gasteiger partial charge in [0.05, 0.1) is 27.5 Å². The maximum absolute atomic E-state index is 11.1. The second kappa shape index (κ2) is 4.71. The highest BCUT2D eigenvalue weighted by Gasteiger charge is 2.25. The molecule has 0 radical (unpaired) electrons. The number of hydrogen-bond donors (Lipinski definition) is 0. The predicted octanol–water partition coefficient (Wildman–Crippen LogP) is 3.78. The Morgan fingerprint density at radius 2 is 1.67 bits per heavy atom. The van der Waals surface area contributed by atoms with E-state index in [-0.39, 0.29) is 22.7 Å². The van der Waals surface area contributed by atoms with Gasteiger partial charge in [-0.3, -0.25) is 20.2 Å². The number of rotatable bonds is 2. The molecule has 7 heteroatoms. The zero-order chi connectivity index (χ0) is 15.0. The molecule has 0 atom stereocenters. The van der Waals surface area contributed by atoms with Crippen molar-refractivity contribution in [3.05, 3.63) is 67.8 Å². The van der Waals surface area contributed by atoms with Gasteiger partial charge < -0.3 is 4.74 Å². The van der Waals surface area contributed by atoms with Crippen molar-refractivity contribution in [1.82, 2.24) is 0 Å². The van der Waals surface area contributed by atoms with E-state index in [9.17, 15) is 20.2 Å². The second-order valence-corrected chi connectivity index (χ2v) is 4.36. The van der Waals surface area contributed by atoms with Gasteiger partial charge in [-0.15, -0.1) is 0 Å². The number of nitro groups is 2. The average molecular weight is 284 g/mol. The molecule has 3 rings (SSSR count). The van der Waals surface area contributed by atoms with Gasteiger partial charge in [0.25, 0.3) is 11.4 Å². The largest absolute Gasteiger partial charge is 0.456 e. The van der Waals surface area contributed by atoms with Crippen LogP contribution in [-0.4, -0.2) is 9.85 Å². The highest BCUT2D eigenvalue weighted by Crippen LogP contribution is 2.40. The molecule has 0 fully saturated rings.